The normalized spacial score (nSPS) is 24.4. The van der Waals surface area contributed by atoms with E-state index in [4.69, 9.17) is 23.4 Å². The van der Waals surface area contributed by atoms with Crippen LogP contribution in [-0.2, 0) is 32.7 Å². The zero-order valence-electron chi connectivity index (χ0n) is 23.0. The molecule has 0 bridgehead atoms. The molecule has 43 heavy (non-hydrogen) atoms. The number of hydroxylamine groups is 1. The predicted octanol–water partition coefficient (Wildman–Crippen LogP) is 2.49. The number of H-pyrrole nitrogens is 1. The van der Waals surface area contributed by atoms with Gasteiger partial charge in [0, 0.05) is 24.8 Å². The van der Waals surface area contributed by atoms with E-state index in [9.17, 15) is 33.3 Å². The standard InChI is InChI=1S/C27H31FN3O11P/c1-16(31(41-24-11-4-5-12-38-24)20-10-6-8-17-7-2-3-9-18(17)20)26(34)42-43(36,37)39-15-22-21(32)13-23(40-22)30-14-19(28)25(33)29-27(30)35/h2-3,6-10,14,16,21-24,32H,4-5,11-13,15H2,1H3,(H,36,37)(H,29,33,35)/t16-,21-,22+,23+,24?/m0/s1. The molecule has 3 heterocycles. The van der Waals surface area contributed by atoms with Crippen molar-refractivity contribution < 1.29 is 47.1 Å². The summed E-state index contributed by atoms with van der Waals surface area (Å²) in [6.07, 6.45) is -1.68. The minimum atomic E-state index is -5.05. The molecular weight excluding hydrogens is 592 g/mol. The zero-order chi connectivity index (χ0) is 30.7. The molecule has 0 spiro atoms. The van der Waals surface area contributed by atoms with Gasteiger partial charge in [0.1, 0.15) is 12.3 Å². The Morgan fingerprint density at radius 2 is 2.00 bits per heavy atom. The van der Waals surface area contributed by atoms with E-state index in [1.165, 1.54) is 12.0 Å². The third-order valence-corrected chi connectivity index (χ3v) is 8.00. The zero-order valence-corrected chi connectivity index (χ0v) is 23.9. The highest BCUT2D eigenvalue weighted by atomic mass is 31.2. The van der Waals surface area contributed by atoms with Crippen LogP contribution in [-0.4, -0.2) is 63.3 Å². The topological polar surface area (TPSA) is 179 Å². The lowest BCUT2D eigenvalue weighted by Gasteiger charge is -2.34. The number of halogens is 1. The highest BCUT2D eigenvalue weighted by molar-refractivity contribution is 7.48. The second kappa shape index (κ2) is 13.1. The lowest BCUT2D eigenvalue weighted by atomic mass is 10.1. The fourth-order valence-corrected chi connectivity index (χ4v) is 5.64. The molecule has 232 valence electrons. The number of hydrogen-bond acceptors (Lipinski definition) is 11. The first kappa shape index (κ1) is 31.0. The second-order valence-electron chi connectivity index (χ2n) is 10.2. The average molecular weight is 624 g/mol. The van der Waals surface area contributed by atoms with Gasteiger partial charge in [-0.2, -0.15) is 4.39 Å². The number of aromatic amines is 1. The smallest absolute Gasteiger partial charge is 0.390 e. The van der Waals surface area contributed by atoms with Crippen LogP contribution in [0.25, 0.3) is 10.8 Å². The monoisotopic (exact) mass is 623 g/mol. The number of phosphoric ester groups is 1. The quantitative estimate of drug-likeness (QED) is 0.222. The number of aliphatic hydroxyl groups is 1. The van der Waals surface area contributed by atoms with Crippen molar-refractivity contribution in [3.63, 3.8) is 0 Å². The summed E-state index contributed by atoms with van der Waals surface area (Å²) in [5.74, 6) is -2.38. The lowest BCUT2D eigenvalue weighted by Crippen LogP contribution is -2.43. The maximum absolute atomic E-state index is 13.7. The highest BCUT2D eigenvalue weighted by Crippen LogP contribution is 2.45. The summed E-state index contributed by atoms with van der Waals surface area (Å²) < 4.78 is 48.2. The van der Waals surface area contributed by atoms with Gasteiger partial charge in [0.25, 0.3) is 5.56 Å². The third kappa shape index (κ3) is 7.21. The first-order valence-electron chi connectivity index (χ1n) is 13.6. The van der Waals surface area contributed by atoms with Gasteiger partial charge in [0.15, 0.2) is 12.3 Å². The van der Waals surface area contributed by atoms with Crippen LogP contribution in [0.5, 0.6) is 0 Å². The van der Waals surface area contributed by atoms with Crippen molar-refractivity contribution in [3.05, 3.63) is 75.3 Å². The number of rotatable bonds is 10. The van der Waals surface area contributed by atoms with E-state index >= 15 is 0 Å². The van der Waals surface area contributed by atoms with Gasteiger partial charge in [-0.25, -0.2) is 24.1 Å². The SMILES string of the molecule is C[C@@H](C(=O)OP(=O)(O)OC[C@H]1O[C@@H](n2cc(F)c(=O)[nH]c2=O)C[C@@H]1O)N(OC1CCCCO1)c1cccc2ccccc12. The fourth-order valence-electron chi connectivity index (χ4n) is 4.87. The summed E-state index contributed by atoms with van der Waals surface area (Å²) in [5.41, 5.74) is -1.68. The Morgan fingerprint density at radius 1 is 1.23 bits per heavy atom. The van der Waals surface area contributed by atoms with Crippen LogP contribution >= 0.6 is 7.82 Å². The Hall–Kier alpha value is -3.43. The van der Waals surface area contributed by atoms with Gasteiger partial charge in [-0.3, -0.25) is 23.8 Å². The summed E-state index contributed by atoms with van der Waals surface area (Å²) in [4.78, 5) is 54.7. The molecule has 0 amide bonds. The summed E-state index contributed by atoms with van der Waals surface area (Å²) in [7, 11) is -5.05. The average Bonchev–Trinajstić information content (AvgIpc) is 3.36. The van der Waals surface area contributed by atoms with Gasteiger partial charge in [-0.05, 0) is 31.2 Å². The van der Waals surface area contributed by atoms with Crippen LogP contribution in [0.2, 0.25) is 0 Å². The van der Waals surface area contributed by atoms with Crippen LogP contribution in [0.15, 0.2) is 58.3 Å². The molecule has 2 unspecified atom stereocenters. The van der Waals surface area contributed by atoms with Gasteiger partial charge in [-0.15, -0.1) is 0 Å². The molecule has 6 atom stereocenters. The van der Waals surface area contributed by atoms with Crippen molar-refractivity contribution >= 4 is 30.3 Å². The van der Waals surface area contributed by atoms with Crippen molar-refractivity contribution in [1.29, 1.82) is 0 Å². The van der Waals surface area contributed by atoms with E-state index < -0.39 is 68.2 Å². The summed E-state index contributed by atoms with van der Waals surface area (Å²) >= 11 is 0. The number of benzene rings is 2. The molecule has 14 nitrogen and oxygen atoms in total. The predicted molar refractivity (Wildman–Crippen MR) is 148 cm³/mol. The van der Waals surface area contributed by atoms with Crippen LogP contribution < -0.4 is 16.3 Å². The first-order valence-corrected chi connectivity index (χ1v) is 15.1. The molecule has 3 aromatic rings. The molecule has 0 radical (unpaired) electrons. The largest absolute Gasteiger partial charge is 0.529 e. The van der Waals surface area contributed by atoms with Crippen LogP contribution in [0.4, 0.5) is 10.1 Å². The second-order valence-corrected chi connectivity index (χ2v) is 11.5. The van der Waals surface area contributed by atoms with E-state index in [2.05, 4.69) is 0 Å². The van der Waals surface area contributed by atoms with Crippen molar-refractivity contribution in [1.82, 2.24) is 9.55 Å². The summed E-state index contributed by atoms with van der Waals surface area (Å²) in [5, 5.41) is 13.3. The minimum Gasteiger partial charge on any atom is -0.390 e. The molecule has 2 aliphatic rings. The summed E-state index contributed by atoms with van der Waals surface area (Å²) in [6.45, 7) is 1.20. The molecule has 3 N–H and O–H groups in total. The molecule has 0 aliphatic carbocycles. The molecule has 0 saturated carbocycles. The van der Waals surface area contributed by atoms with Gasteiger partial charge >= 0.3 is 19.5 Å². The maximum atomic E-state index is 13.7. The van der Waals surface area contributed by atoms with E-state index in [-0.39, 0.29) is 6.42 Å². The van der Waals surface area contributed by atoms with Crippen molar-refractivity contribution in [2.24, 2.45) is 0 Å². The lowest BCUT2D eigenvalue weighted by molar-refractivity contribution is -0.178. The number of aliphatic hydroxyl groups excluding tert-OH is 1. The van der Waals surface area contributed by atoms with Crippen molar-refractivity contribution in [2.45, 2.75) is 63.4 Å². The molecule has 16 heteroatoms. The van der Waals surface area contributed by atoms with Gasteiger partial charge in [0.2, 0.25) is 5.82 Å². The number of ether oxygens (including phenoxy) is 2. The summed E-state index contributed by atoms with van der Waals surface area (Å²) in [6, 6.07) is 11.6. The van der Waals surface area contributed by atoms with Crippen LogP contribution in [0.3, 0.4) is 0 Å². The molecule has 5 rings (SSSR count). The number of nitrogens with zero attached hydrogens (tertiary/aromatic N) is 2. The number of phosphoric acid groups is 1. The first-order chi connectivity index (χ1) is 20.5. The molecule has 2 fully saturated rings. The van der Waals surface area contributed by atoms with Crippen LogP contribution in [0.1, 0.15) is 38.8 Å². The number of carbonyl (C=O) groups is 1. The number of carbonyl (C=O) groups excluding carboxylic acids is 1. The number of aromatic nitrogens is 2. The Bertz CT molecular complexity index is 1620. The van der Waals surface area contributed by atoms with Crippen molar-refractivity contribution in [3.8, 4) is 0 Å². The fraction of sp³-hybridized carbons (Fsp3) is 0.444. The Labute approximate surface area is 244 Å². The van der Waals surface area contributed by atoms with Gasteiger partial charge in [-0.1, -0.05) is 36.4 Å². The number of hydrogen-bond donors (Lipinski definition) is 3. The maximum Gasteiger partial charge on any atom is 0.529 e. The van der Waals surface area contributed by atoms with E-state index in [0.717, 1.165) is 28.2 Å². The van der Waals surface area contributed by atoms with E-state index in [1.54, 1.807) is 17.1 Å². The Balaban J connectivity index is 1.26. The third-order valence-electron chi connectivity index (χ3n) is 7.11. The molecule has 1 aromatic heterocycles. The van der Waals surface area contributed by atoms with Crippen molar-refractivity contribution in [2.75, 3.05) is 18.3 Å². The molecule has 2 aliphatic heterocycles. The Morgan fingerprint density at radius 3 is 2.77 bits per heavy atom. The molecular formula is C27H31FN3O11P. The van der Waals surface area contributed by atoms with Crippen LogP contribution in [0, 0.1) is 5.82 Å². The molecule has 2 saturated heterocycles. The highest BCUT2D eigenvalue weighted by Gasteiger charge is 2.40. The minimum absolute atomic E-state index is 0.216. The van der Waals surface area contributed by atoms with E-state index in [1.807, 2.05) is 30.3 Å². The Kier molecular flexibility index (Phi) is 9.42. The number of nitrogens with one attached hydrogen (secondary N) is 1. The van der Waals surface area contributed by atoms with Gasteiger partial charge in [0.05, 0.1) is 24.6 Å². The molecule has 2 aromatic carbocycles. The number of fused-ring (bicyclic) bond motifs is 1. The van der Waals surface area contributed by atoms with E-state index in [0.29, 0.717) is 24.9 Å². The number of anilines is 1. The van der Waals surface area contributed by atoms with Gasteiger partial charge < -0.3 is 19.1 Å².